The van der Waals surface area contributed by atoms with Crippen molar-refractivity contribution in [3.63, 3.8) is 0 Å². The zero-order chi connectivity index (χ0) is 23.8. The Kier molecular flexibility index (Phi) is 8.56. The van der Waals surface area contributed by atoms with Crippen LogP contribution in [0.1, 0.15) is 11.1 Å². The first-order valence-electron chi connectivity index (χ1n) is 11.9. The van der Waals surface area contributed by atoms with Crippen molar-refractivity contribution in [1.29, 1.82) is 0 Å². The second-order valence-corrected chi connectivity index (χ2v) is 8.78. The number of hydrogen-bond donors (Lipinski definition) is 1. The molecule has 0 unspecified atom stereocenters. The number of aromatic nitrogens is 1. The van der Waals surface area contributed by atoms with E-state index in [1.165, 1.54) is 5.56 Å². The number of morpholine rings is 2. The summed E-state index contributed by atoms with van der Waals surface area (Å²) in [7, 11) is 4.06. The van der Waals surface area contributed by atoms with E-state index in [-0.39, 0.29) is 0 Å². The Balaban J connectivity index is 1.47. The molecule has 184 valence electrons. The number of pyridine rings is 1. The Bertz CT molecular complexity index is 956. The Hall–Kier alpha value is -2.88. The predicted octanol–water partition coefficient (Wildman–Crippen LogP) is 2.45. The molecule has 34 heavy (non-hydrogen) atoms. The number of rotatable bonds is 9. The van der Waals surface area contributed by atoms with Crippen LogP contribution in [0.2, 0.25) is 0 Å². The molecule has 2 aromatic rings. The molecule has 4 rings (SSSR count). The summed E-state index contributed by atoms with van der Waals surface area (Å²) in [5, 5.41) is 4.49. The normalized spacial score (nSPS) is 17.2. The Morgan fingerprint density at radius 3 is 2.53 bits per heavy atom. The quantitative estimate of drug-likeness (QED) is 0.444. The minimum Gasteiger partial charge on any atom is -0.476 e. The van der Waals surface area contributed by atoms with E-state index in [1.54, 1.807) is 0 Å². The van der Waals surface area contributed by atoms with E-state index < -0.39 is 0 Å². The molecule has 9 heteroatoms. The lowest BCUT2D eigenvalue weighted by Gasteiger charge is -2.29. The van der Waals surface area contributed by atoms with Crippen molar-refractivity contribution in [1.82, 2.24) is 9.88 Å². The highest BCUT2D eigenvalue weighted by atomic mass is 16.5. The standard InChI is InChI=1S/C25H36N6O3/c1-20-4-5-23(29(2)3)21(16-20)19-26-28-24-17-22(31-9-13-33-14-10-31)18-25(27-24)34-15-8-30-6-11-32-12-7-30/h4-5,16-19H,6-15H2,1-3H3,(H,27,28). The average Bonchev–Trinajstić information content (AvgIpc) is 2.85. The number of nitrogens with one attached hydrogen (secondary N) is 1. The summed E-state index contributed by atoms with van der Waals surface area (Å²) in [6, 6.07) is 10.4. The first-order valence-corrected chi connectivity index (χ1v) is 11.9. The first kappa shape index (κ1) is 24.3. The molecule has 2 aliphatic rings. The van der Waals surface area contributed by atoms with Gasteiger partial charge in [0.25, 0.3) is 0 Å². The highest BCUT2D eigenvalue weighted by Gasteiger charge is 2.15. The number of nitrogens with zero attached hydrogens (tertiary/aromatic N) is 5. The molecule has 3 heterocycles. The van der Waals surface area contributed by atoms with Gasteiger partial charge in [-0.15, -0.1) is 0 Å². The van der Waals surface area contributed by atoms with E-state index in [0.717, 1.165) is 76.1 Å². The van der Waals surface area contributed by atoms with Crippen LogP contribution in [0.3, 0.4) is 0 Å². The molecular formula is C25H36N6O3. The maximum atomic E-state index is 6.06. The number of aryl methyl sites for hydroxylation is 1. The number of benzene rings is 1. The fourth-order valence-corrected chi connectivity index (χ4v) is 4.08. The molecule has 2 aliphatic heterocycles. The second-order valence-electron chi connectivity index (χ2n) is 8.78. The summed E-state index contributed by atoms with van der Waals surface area (Å²) in [6.07, 6.45) is 1.84. The van der Waals surface area contributed by atoms with Crippen LogP contribution < -0.4 is 20.0 Å². The molecule has 0 saturated carbocycles. The van der Waals surface area contributed by atoms with E-state index in [0.29, 0.717) is 18.3 Å². The first-order chi connectivity index (χ1) is 16.6. The molecule has 1 aromatic carbocycles. The summed E-state index contributed by atoms with van der Waals surface area (Å²) in [4.78, 5) is 11.4. The van der Waals surface area contributed by atoms with Crippen LogP contribution in [0.4, 0.5) is 17.2 Å². The summed E-state index contributed by atoms with van der Waals surface area (Å²) in [5.41, 5.74) is 7.52. The fourth-order valence-electron chi connectivity index (χ4n) is 4.08. The van der Waals surface area contributed by atoms with Crippen molar-refractivity contribution in [2.75, 3.05) is 95.1 Å². The van der Waals surface area contributed by atoms with E-state index in [9.17, 15) is 0 Å². The summed E-state index contributed by atoms with van der Waals surface area (Å²) in [5.74, 6) is 1.25. The smallest absolute Gasteiger partial charge is 0.217 e. The van der Waals surface area contributed by atoms with Crippen molar-refractivity contribution < 1.29 is 14.2 Å². The van der Waals surface area contributed by atoms with Gasteiger partial charge >= 0.3 is 0 Å². The van der Waals surface area contributed by atoms with Gasteiger partial charge in [-0.3, -0.25) is 10.3 Å². The lowest BCUT2D eigenvalue weighted by molar-refractivity contribution is 0.0320. The van der Waals surface area contributed by atoms with Crippen LogP contribution in [0, 0.1) is 6.92 Å². The predicted molar refractivity (Wildman–Crippen MR) is 137 cm³/mol. The average molecular weight is 469 g/mol. The summed E-state index contributed by atoms with van der Waals surface area (Å²) in [6.45, 7) is 10.1. The molecule has 2 saturated heterocycles. The zero-order valence-corrected chi connectivity index (χ0v) is 20.5. The number of ether oxygens (including phenoxy) is 3. The van der Waals surface area contributed by atoms with E-state index in [4.69, 9.17) is 14.2 Å². The van der Waals surface area contributed by atoms with Crippen LogP contribution in [-0.4, -0.2) is 96.0 Å². The van der Waals surface area contributed by atoms with E-state index in [1.807, 2.05) is 32.4 Å². The molecule has 1 aromatic heterocycles. The number of anilines is 3. The van der Waals surface area contributed by atoms with Gasteiger partial charge in [0.2, 0.25) is 5.88 Å². The van der Waals surface area contributed by atoms with Gasteiger partial charge in [0.05, 0.1) is 32.6 Å². The van der Waals surface area contributed by atoms with Crippen LogP contribution in [0.5, 0.6) is 5.88 Å². The Labute approximate surface area is 202 Å². The zero-order valence-electron chi connectivity index (χ0n) is 20.5. The minimum absolute atomic E-state index is 0.581. The van der Waals surface area contributed by atoms with Crippen LogP contribution in [0.25, 0.3) is 0 Å². The van der Waals surface area contributed by atoms with Crippen molar-refractivity contribution >= 4 is 23.4 Å². The SMILES string of the molecule is Cc1ccc(N(C)C)c(C=NNc2cc(N3CCOCC3)cc(OCCN3CCOCC3)n2)c1. The van der Waals surface area contributed by atoms with Gasteiger partial charge in [0, 0.05) is 75.9 Å². The number of hydrazone groups is 1. The maximum Gasteiger partial charge on any atom is 0.217 e. The van der Waals surface area contributed by atoms with Crippen LogP contribution in [-0.2, 0) is 9.47 Å². The van der Waals surface area contributed by atoms with Crippen LogP contribution in [0.15, 0.2) is 35.4 Å². The largest absolute Gasteiger partial charge is 0.476 e. The molecule has 0 spiro atoms. The third kappa shape index (κ3) is 6.82. The van der Waals surface area contributed by atoms with Crippen molar-refractivity contribution in [2.45, 2.75) is 6.92 Å². The molecule has 9 nitrogen and oxygen atoms in total. The van der Waals surface area contributed by atoms with E-state index >= 15 is 0 Å². The molecule has 0 aliphatic carbocycles. The second kappa shape index (κ2) is 12.0. The lowest BCUT2D eigenvalue weighted by atomic mass is 10.1. The van der Waals surface area contributed by atoms with Gasteiger partial charge in [-0.25, -0.2) is 0 Å². The highest BCUT2D eigenvalue weighted by Crippen LogP contribution is 2.25. The van der Waals surface area contributed by atoms with Crippen molar-refractivity contribution in [2.24, 2.45) is 5.10 Å². The topological polar surface area (TPSA) is 74.7 Å². The lowest BCUT2D eigenvalue weighted by Crippen LogP contribution is -2.38. The molecule has 1 N–H and O–H groups in total. The number of hydrogen-bond acceptors (Lipinski definition) is 9. The molecule has 0 atom stereocenters. The van der Waals surface area contributed by atoms with Gasteiger partial charge in [0.15, 0.2) is 5.82 Å². The highest BCUT2D eigenvalue weighted by molar-refractivity contribution is 5.88. The fraction of sp³-hybridized carbons (Fsp3) is 0.520. The van der Waals surface area contributed by atoms with Gasteiger partial charge in [-0.1, -0.05) is 11.6 Å². The third-order valence-electron chi connectivity index (χ3n) is 5.97. The maximum absolute atomic E-state index is 6.06. The van der Waals surface area contributed by atoms with Crippen molar-refractivity contribution in [3.8, 4) is 5.88 Å². The molecule has 0 bridgehead atoms. The summed E-state index contributed by atoms with van der Waals surface area (Å²) < 4.78 is 17.0. The molecular weight excluding hydrogens is 432 g/mol. The van der Waals surface area contributed by atoms with Gasteiger partial charge < -0.3 is 24.0 Å². The van der Waals surface area contributed by atoms with Gasteiger partial charge in [-0.2, -0.15) is 10.1 Å². The van der Waals surface area contributed by atoms with E-state index in [2.05, 4.69) is 55.3 Å². The van der Waals surface area contributed by atoms with Gasteiger partial charge in [-0.05, 0) is 19.1 Å². The molecule has 0 amide bonds. The Morgan fingerprint density at radius 1 is 1.06 bits per heavy atom. The third-order valence-corrected chi connectivity index (χ3v) is 5.97. The minimum atomic E-state index is 0.581. The molecule has 0 radical (unpaired) electrons. The Morgan fingerprint density at radius 2 is 1.79 bits per heavy atom. The van der Waals surface area contributed by atoms with Gasteiger partial charge in [0.1, 0.15) is 6.61 Å². The van der Waals surface area contributed by atoms with Crippen LogP contribution >= 0.6 is 0 Å². The molecule has 2 fully saturated rings. The van der Waals surface area contributed by atoms with Crippen molar-refractivity contribution in [3.05, 3.63) is 41.5 Å². The summed E-state index contributed by atoms with van der Waals surface area (Å²) >= 11 is 0. The monoisotopic (exact) mass is 468 g/mol.